The van der Waals surface area contributed by atoms with Gasteiger partial charge >= 0.3 is 0 Å². The lowest BCUT2D eigenvalue weighted by Crippen LogP contribution is -2.41. The van der Waals surface area contributed by atoms with Crippen LogP contribution in [0.5, 0.6) is 0 Å². The molecule has 14 heteroatoms. The van der Waals surface area contributed by atoms with Gasteiger partial charge in [0.15, 0.2) is 23.8 Å². The van der Waals surface area contributed by atoms with Gasteiger partial charge in [0.05, 0.1) is 18.4 Å². The molecular weight excluding hydrogens is 480 g/mol. The molecule has 182 valence electrons. The lowest BCUT2D eigenvalue weighted by atomic mass is 10.1. The van der Waals surface area contributed by atoms with Crippen LogP contribution < -0.4 is 11.1 Å². The predicted octanol–water partition coefficient (Wildman–Crippen LogP) is -1.05. The number of likely N-dealkylation sites (N-methyl/N-ethyl adjacent to an activating group) is 1. The number of anilines is 1. The highest BCUT2D eigenvalue weighted by Crippen LogP contribution is 2.32. The van der Waals surface area contributed by atoms with Gasteiger partial charge in [-0.25, -0.2) is 19.9 Å². The Bertz CT molecular complexity index is 1340. The zero-order chi connectivity index (χ0) is 25.3. The number of nitrogens with one attached hydrogen (secondary N) is 1. The zero-order valence-electron chi connectivity index (χ0n) is 18.6. The first-order valence-corrected chi connectivity index (χ1v) is 10.7. The van der Waals surface area contributed by atoms with Crippen LogP contribution in [0.15, 0.2) is 24.7 Å². The number of imidazole rings is 1. The smallest absolute Gasteiger partial charge is 0.255 e. The van der Waals surface area contributed by atoms with Crippen molar-refractivity contribution in [2.75, 3.05) is 26.4 Å². The van der Waals surface area contributed by atoms with E-state index in [1.165, 1.54) is 35.1 Å². The van der Waals surface area contributed by atoms with Crippen molar-refractivity contribution >= 4 is 40.4 Å². The molecule has 0 spiro atoms. The van der Waals surface area contributed by atoms with E-state index in [0.29, 0.717) is 5.56 Å². The average molecular weight is 501 g/mol. The van der Waals surface area contributed by atoms with Crippen molar-refractivity contribution in [2.45, 2.75) is 24.5 Å². The summed E-state index contributed by atoms with van der Waals surface area (Å²) in [5.41, 5.74) is 6.78. The third-order valence-electron chi connectivity index (χ3n) is 5.30. The molecule has 0 bridgehead atoms. The topological polar surface area (TPSA) is 182 Å². The number of nitrogen functional groups attached to an aromatic ring is 1. The fourth-order valence-electron chi connectivity index (χ4n) is 3.46. The SMILES string of the molecule is CNC(=O)[C@H]1O[C@@H](n2cnc3c(N)nc(C#CCN(C)C(=O)c4ccc(Cl)nc4)nc32)[C@H](O)[C@@H]1O. The van der Waals surface area contributed by atoms with Gasteiger partial charge in [-0.1, -0.05) is 17.5 Å². The van der Waals surface area contributed by atoms with Gasteiger partial charge in [-0.3, -0.25) is 14.2 Å². The molecule has 1 fully saturated rings. The molecule has 0 aromatic carbocycles. The molecule has 13 nitrogen and oxygen atoms in total. The predicted molar refractivity (Wildman–Crippen MR) is 123 cm³/mol. The highest BCUT2D eigenvalue weighted by molar-refractivity contribution is 6.29. The Kier molecular flexibility index (Phi) is 6.81. The Balaban J connectivity index is 1.56. The second-order valence-electron chi connectivity index (χ2n) is 7.63. The summed E-state index contributed by atoms with van der Waals surface area (Å²) in [6, 6.07) is 3.08. The molecule has 0 aliphatic carbocycles. The van der Waals surface area contributed by atoms with Gasteiger partial charge in [-0.15, -0.1) is 0 Å². The summed E-state index contributed by atoms with van der Waals surface area (Å²) in [6.45, 7) is 0.0620. The number of hydrogen-bond acceptors (Lipinski definition) is 10. The number of hydrogen-bond donors (Lipinski definition) is 4. The van der Waals surface area contributed by atoms with Gasteiger partial charge < -0.3 is 30.9 Å². The number of aromatic nitrogens is 5. The number of rotatable bonds is 4. The monoisotopic (exact) mass is 500 g/mol. The second kappa shape index (κ2) is 9.80. The molecule has 0 saturated carbocycles. The largest absolute Gasteiger partial charge is 0.387 e. The van der Waals surface area contributed by atoms with Gasteiger partial charge in [0.2, 0.25) is 5.82 Å². The molecule has 3 aromatic heterocycles. The fourth-order valence-corrected chi connectivity index (χ4v) is 3.57. The van der Waals surface area contributed by atoms with Crippen molar-refractivity contribution in [3.05, 3.63) is 41.2 Å². The van der Waals surface area contributed by atoms with Gasteiger partial charge in [0.25, 0.3) is 11.8 Å². The number of carbonyl (C=O) groups excluding carboxylic acids is 2. The van der Waals surface area contributed by atoms with E-state index in [0.717, 1.165) is 0 Å². The van der Waals surface area contributed by atoms with Crippen molar-refractivity contribution in [2.24, 2.45) is 0 Å². The van der Waals surface area contributed by atoms with Crippen LogP contribution in [-0.2, 0) is 9.53 Å². The summed E-state index contributed by atoms with van der Waals surface area (Å²) in [4.78, 5) is 42.3. The molecule has 0 radical (unpaired) electrons. The average Bonchev–Trinajstić information content (AvgIpc) is 3.39. The molecule has 1 aliphatic rings. The van der Waals surface area contributed by atoms with Gasteiger partial charge in [-0.05, 0) is 18.1 Å². The number of nitrogens with two attached hydrogens (primary N) is 1. The van der Waals surface area contributed by atoms with Crippen molar-refractivity contribution in [3.8, 4) is 11.8 Å². The van der Waals surface area contributed by atoms with Crippen LogP contribution in [0.2, 0.25) is 5.15 Å². The van der Waals surface area contributed by atoms with Crippen molar-refractivity contribution < 1.29 is 24.5 Å². The minimum atomic E-state index is -1.46. The van der Waals surface area contributed by atoms with Crippen LogP contribution in [-0.4, -0.2) is 90.4 Å². The molecule has 4 rings (SSSR count). The number of fused-ring (bicyclic) bond motifs is 1. The van der Waals surface area contributed by atoms with E-state index < -0.39 is 30.4 Å². The van der Waals surface area contributed by atoms with Crippen molar-refractivity contribution in [1.82, 2.24) is 34.7 Å². The second-order valence-corrected chi connectivity index (χ2v) is 8.02. The molecule has 0 unspecified atom stereocenters. The molecule has 5 N–H and O–H groups in total. The van der Waals surface area contributed by atoms with E-state index in [9.17, 15) is 19.8 Å². The summed E-state index contributed by atoms with van der Waals surface area (Å²) in [6.07, 6.45) is -2.63. The highest BCUT2D eigenvalue weighted by atomic mass is 35.5. The van der Waals surface area contributed by atoms with Crippen molar-refractivity contribution in [1.29, 1.82) is 0 Å². The van der Waals surface area contributed by atoms with Crippen LogP contribution in [0, 0.1) is 11.8 Å². The molecule has 4 atom stereocenters. The van der Waals surface area contributed by atoms with Crippen LogP contribution in [0.3, 0.4) is 0 Å². The third-order valence-corrected chi connectivity index (χ3v) is 5.53. The summed E-state index contributed by atoms with van der Waals surface area (Å²) >= 11 is 5.75. The van der Waals surface area contributed by atoms with E-state index in [2.05, 4.69) is 37.1 Å². The molecule has 1 aliphatic heterocycles. The first kappa shape index (κ1) is 24.3. The first-order chi connectivity index (χ1) is 16.7. The molecule has 3 aromatic rings. The molecular formula is C21H21ClN8O5. The van der Waals surface area contributed by atoms with E-state index in [1.54, 1.807) is 13.1 Å². The van der Waals surface area contributed by atoms with E-state index in [1.807, 2.05) is 0 Å². The van der Waals surface area contributed by atoms with Crippen LogP contribution in [0.1, 0.15) is 22.4 Å². The number of amides is 2. The van der Waals surface area contributed by atoms with E-state index in [-0.39, 0.29) is 40.4 Å². The normalized spacial score (nSPS) is 21.4. The zero-order valence-corrected chi connectivity index (χ0v) is 19.3. The van der Waals surface area contributed by atoms with Gasteiger partial charge in [-0.2, -0.15) is 0 Å². The maximum Gasteiger partial charge on any atom is 0.255 e. The maximum atomic E-state index is 12.5. The quantitative estimate of drug-likeness (QED) is 0.254. The Morgan fingerprint density at radius 2 is 2.06 bits per heavy atom. The van der Waals surface area contributed by atoms with Crippen LogP contribution >= 0.6 is 11.6 Å². The lowest BCUT2D eigenvalue weighted by molar-refractivity contribution is -0.137. The lowest BCUT2D eigenvalue weighted by Gasteiger charge is -2.16. The van der Waals surface area contributed by atoms with Gasteiger partial charge in [0, 0.05) is 20.3 Å². The number of pyridine rings is 1. The maximum absolute atomic E-state index is 12.5. The Hall–Kier alpha value is -3.83. The number of ether oxygens (including phenoxy) is 1. The summed E-state index contributed by atoms with van der Waals surface area (Å²) < 4.78 is 6.92. The van der Waals surface area contributed by atoms with Gasteiger partial charge in [0.1, 0.15) is 22.9 Å². The minimum absolute atomic E-state index is 0.0330. The standard InChI is InChI=1S/C21H21ClN8O5/c1-24-19(33)16-14(31)15(32)21(35-16)30-9-26-13-17(23)27-12(28-18(13)30)4-3-7-29(2)20(34)10-5-6-11(22)25-8-10/h5-6,8-9,14-16,21,31-32H,7H2,1-2H3,(H,24,33)(H2,23,27,28)/t14-,15+,16-,21+/m0/s1. The first-order valence-electron chi connectivity index (χ1n) is 10.3. The summed E-state index contributed by atoms with van der Waals surface area (Å²) in [7, 11) is 2.97. The van der Waals surface area contributed by atoms with Crippen LogP contribution in [0.25, 0.3) is 11.2 Å². The molecule has 35 heavy (non-hydrogen) atoms. The van der Waals surface area contributed by atoms with E-state index >= 15 is 0 Å². The Labute approximate surface area is 203 Å². The third kappa shape index (κ3) is 4.73. The summed E-state index contributed by atoms with van der Waals surface area (Å²) in [5, 5.41) is 23.3. The molecule has 4 heterocycles. The molecule has 2 amide bonds. The Morgan fingerprint density at radius 1 is 1.29 bits per heavy atom. The number of nitrogens with zero attached hydrogens (tertiary/aromatic N) is 6. The minimum Gasteiger partial charge on any atom is -0.387 e. The Morgan fingerprint density at radius 3 is 2.74 bits per heavy atom. The number of aliphatic hydroxyl groups excluding tert-OH is 2. The molecule has 1 saturated heterocycles. The van der Waals surface area contributed by atoms with E-state index in [4.69, 9.17) is 22.1 Å². The van der Waals surface area contributed by atoms with Crippen LogP contribution in [0.4, 0.5) is 5.82 Å². The van der Waals surface area contributed by atoms with Crippen molar-refractivity contribution in [3.63, 3.8) is 0 Å². The summed E-state index contributed by atoms with van der Waals surface area (Å²) in [5.74, 6) is 4.75. The fraction of sp³-hybridized carbons (Fsp3) is 0.333. The number of halogens is 1. The number of aliphatic hydroxyl groups is 2. The number of carbonyl (C=O) groups is 2. The highest BCUT2D eigenvalue weighted by Gasteiger charge is 2.47.